The summed E-state index contributed by atoms with van der Waals surface area (Å²) in [5.74, 6) is 1.42. The van der Waals surface area contributed by atoms with Crippen molar-refractivity contribution >= 4 is 17.7 Å². The zero-order valence-corrected chi connectivity index (χ0v) is 15.6. The van der Waals surface area contributed by atoms with Gasteiger partial charge in [0.25, 0.3) is 0 Å². The van der Waals surface area contributed by atoms with Gasteiger partial charge in [0, 0.05) is 5.25 Å². The Kier molecular flexibility index (Phi) is 5.63. The maximum Gasteiger partial charge on any atom is 0.337 e. The highest BCUT2D eigenvalue weighted by molar-refractivity contribution is 8.00. The summed E-state index contributed by atoms with van der Waals surface area (Å²) >= 11 is 1.82. The number of benzene rings is 1. The Balaban J connectivity index is 1.78. The maximum atomic E-state index is 11.9. The Hall–Kier alpha value is -2.01. The number of hydrogen-bond donors (Lipinski definition) is 0. The smallest absolute Gasteiger partial charge is 0.337 e. The number of methoxy groups -OCH3 is 1. The second kappa shape index (κ2) is 7.91. The number of carbonyl (C=O) groups excluding carboxylic acids is 1. The molecule has 0 radical (unpaired) electrons. The highest BCUT2D eigenvalue weighted by Gasteiger charge is 2.23. The Labute approximate surface area is 152 Å². The summed E-state index contributed by atoms with van der Waals surface area (Å²) in [6, 6.07) is 9.45. The van der Waals surface area contributed by atoms with Gasteiger partial charge in [0.05, 0.1) is 23.9 Å². The maximum absolute atomic E-state index is 11.9. The molecule has 0 bridgehead atoms. The molecule has 2 aromatic rings. The first-order valence-electron chi connectivity index (χ1n) is 8.56. The van der Waals surface area contributed by atoms with Gasteiger partial charge in [-0.2, -0.15) is 0 Å². The van der Waals surface area contributed by atoms with E-state index in [1.54, 1.807) is 12.3 Å². The zero-order valence-electron chi connectivity index (χ0n) is 14.8. The number of carbonyl (C=O) groups is 1. The van der Waals surface area contributed by atoms with E-state index in [4.69, 9.17) is 9.47 Å². The van der Waals surface area contributed by atoms with Crippen LogP contribution in [0.15, 0.2) is 41.6 Å². The van der Waals surface area contributed by atoms with Gasteiger partial charge in [-0.15, -0.1) is 11.8 Å². The third kappa shape index (κ3) is 5.23. The van der Waals surface area contributed by atoms with Crippen molar-refractivity contribution in [3.05, 3.63) is 47.7 Å². The van der Waals surface area contributed by atoms with E-state index >= 15 is 0 Å². The van der Waals surface area contributed by atoms with E-state index in [9.17, 15) is 4.79 Å². The van der Waals surface area contributed by atoms with E-state index in [-0.39, 0.29) is 5.97 Å². The van der Waals surface area contributed by atoms with E-state index in [1.807, 2.05) is 36.0 Å². The molecule has 1 heterocycles. The summed E-state index contributed by atoms with van der Waals surface area (Å²) in [6.07, 6.45) is 5.17. The summed E-state index contributed by atoms with van der Waals surface area (Å²) in [6.45, 7) is 4.29. The fourth-order valence-electron chi connectivity index (χ4n) is 2.53. The topological polar surface area (TPSA) is 48.4 Å². The molecule has 0 amide bonds. The predicted octanol–water partition coefficient (Wildman–Crippen LogP) is 5.11. The molecule has 1 aliphatic rings. The summed E-state index contributed by atoms with van der Waals surface area (Å²) in [5, 5.41) is 1.76. The van der Waals surface area contributed by atoms with Gasteiger partial charge in [-0.3, -0.25) is 0 Å². The third-order valence-electron chi connectivity index (χ3n) is 3.79. The molecule has 1 aromatic carbocycles. The minimum atomic E-state index is -0.357. The Morgan fingerprint density at radius 3 is 2.64 bits per heavy atom. The molecule has 0 aliphatic heterocycles. The first-order chi connectivity index (χ1) is 12.0. The molecule has 0 atom stereocenters. The molecular weight excluding hydrogens is 334 g/mol. The molecule has 3 rings (SSSR count). The monoisotopic (exact) mass is 357 g/mol. The van der Waals surface area contributed by atoms with Gasteiger partial charge in [-0.25, -0.2) is 9.78 Å². The van der Waals surface area contributed by atoms with Gasteiger partial charge < -0.3 is 9.47 Å². The van der Waals surface area contributed by atoms with E-state index in [2.05, 4.69) is 18.8 Å². The lowest BCUT2D eigenvalue weighted by Crippen LogP contribution is -2.04. The van der Waals surface area contributed by atoms with Crippen molar-refractivity contribution in [2.24, 2.45) is 5.92 Å². The van der Waals surface area contributed by atoms with E-state index < -0.39 is 0 Å². The van der Waals surface area contributed by atoms with Crippen molar-refractivity contribution < 1.29 is 14.3 Å². The molecule has 25 heavy (non-hydrogen) atoms. The molecule has 132 valence electrons. The normalized spacial score (nSPS) is 13.8. The van der Waals surface area contributed by atoms with Gasteiger partial charge in [-0.1, -0.05) is 13.8 Å². The number of thioether (sulfide) groups is 1. The fourth-order valence-corrected chi connectivity index (χ4v) is 3.51. The van der Waals surface area contributed by atoms with Crippen LogP contribution in [0.5, 0.6) is 11.5 Å². The van der Waals surface area contributed by atoms with Gasteiger partial charge in [0.1, 0.15) is 11.5 Å². The van der Waals surface area contributed by atoms with Crippen LogP contribution >= 0.6 is 11.8 Å². The lowest BCUT2D eigenvalue weighted by atomic mass is 10.0. The Morgan fingerprint density at radius 2 is 2.04 bits per heavy atom. The molecular formula is C20H23NO3S. The van der Waals surface area contributed by atoms with Gasteiger partial charge in [-0.05, 0) is 61.1 Å². The van der Waals surface area contributed by atoms with Crippen LogP contribution in [-0.2, 0) is 11.2 Å². The van der Waals surface area contributed by atoms with Crippen molar-refractivity contribution in [1.29, 1.82) is 0 Å². The second-order valence-corrected chi connectivity index (χ2v) is 8.03. The average Bonchev–Trinajstić information content (AvgIpc) is 3.39. The molecule has 0 N–H and O–H groups in total. The quantitative estimate of drug-likeness (QED) is 0.644. The molecule has 0 spiro atoms. The third-order valence-corrected chi connectivity index (χ3v) is 5.08. The zero-order chi connectivity index (χ0) is 17.8. The highest BCUT2D eigenvalue weighted by atomic mass is 32.2. The molecule has 0 saturated heterocycles. The fraction of sp³-hybridized carbons (Fsp3) is 0.400. The van der Waals surface area contributed by atoms with E-state index in [0.717, 1.165) is 22.3 Å². The van der Waals surface area contributed by atoms with Crippen molar-refractivity contribution in [2.45, 2.75) is 43.4 Å². The number of hydrogen-bond acceptors (Lipinski definition) is 5. The number of pyridine rings is 1. The molecule has 0 unspecified atom stereocenters. The van der Waals surface area contributed by atoms with Crippen LogP contribution in [0.2, 0.25) is 0 Å². The van der Waals surface area contributed by atoms with E-state index in [1.165, 1.54) is 20.0 Å². The van der Waals surface area contributed by atoms with Crippen molar-refractivity contribution in [1.82, 2.24) is 4.98 Å². The average molecular weight is 357 g/mol. The largest absolute Gasteiger partial charge is 0.465 e. The first-order valence-corrected chi connectivity index (χ1v) is 9.44. The Morgan fingerprint density at radius 1 is 1.24 bits per heavy atom. The van der Waals surface area contributed by atoms with Crippen molar-refractivity contribution in [3.63, 3.8) is 0 Å². The highest BCUT2D eigenvalue weighted by Crippen LogP contribution is 2.38. The first kappa shape index (κ1) is 17.8. The molecule has 1 aromatic heterocycles. The van der Waals surface area contributed by atoms with Crippen LogP contribution in [0.3, 0.4) is 0 Å². The van der Waals surface area contributed by atoms with E-state index in [0.29, 0.717) is 23.0 Å². The van der Waals surface area contributed by atoms with Crippen molar-refractivity contribution in [2.75, 3.05) is 7.11 Å². The van der Waals surface area contributed by atoms with Crippen molar-refractivity contribution in [3.8, 4) is 11.5 Å². The van der Waals surface area contributed by atoms with Crippen LogP contribution in [0, 0.1) is 5.92 Å². The van der Waals surface area contributed by atoms with Crippen LogP contribution < -0.4 is 4.74 Å². The summed E-state index contributed by atoms with van der Waals surface area (Å²) in [5.41, 5.74) is 1.56. The van der Waals surface area contributed by atoms with Gasteiger partial charge >= 0.3 is 5.97 Å². The number of aromatic nitrogens is 1. The number of nitrogens with zero attached hydrogens (tertiary/aromatic N) is 1. The molecule has 5 heteroatoms. The molecule has 1 aliphatic carbocycles. The standard InChI is InChI=1S/C20H23NO3S/c1-13(2)8-14-9-15(20(22)23-3)11-17(10-14)24-16-4-7-19(21-12-16)25-18-5-6-18/h4,7,9-13,18H,5-6,8H2,1-3H3. The van der Waals surface area contributed by atoms with Gasteiger partial charge in [0.15, 0.2) is 0 Å². The number of esters is 1. The summed E-state index contributed by atoms with van der Waals surface area (Å²) < 4.78 is 10.8. The van der Waals surface area contributed by atoms with Crippen LogP contribution in [0.25, 0.3) is 0 Å². The van der Waals surface area contributed by atoms with Crippen LogP contribution in [-0.4, -0.2) is 23.3 Å². The minimum absolute atomic E-state index is 0.357. The van der Waals surface area contributed by atoms with Crippen LogP contribution in [0.1, 0.15) is 42.6 Å². The number of rotatable bonds is 7. The van der Waals surface area contributed by atoms with Gasteiger partial charge in [0.2, 0.25) is 0 Å². The SMILES string of the molecule is COC(=O)c1cc(CC(C)C)cc(Oc2ccc(SC3CC3)nc2)c1. The minimum Gasteiger partial charge on any atom is -0.465 e. The predicted molar refractivity (Wildman–Crippen MR) is 99.5 cm³/mol. The Bertz CT molecular complexity index is 739. The molecule has 4 nitrogen and oxygen atoms in total. The lowest BCUT2D eigenvalue weighted by Gasteiger charge is -2.12. The number of ether oxygens (including phenoxy) is 2. The summed E-state index contributed by atoms with van der Waals surface area (Å²) in [7, 11) is 1.39. The lowest BCUT2D eigenvalue weighted by molar-refractivity contribution is 0.0600. The van der Waals surface area contributed by atoms with Crippen LogP contribution in [0.4, 0.5) is 0 Å². The summed E-state index contributed by atoms with van der Waals surface area (Å²) in [4.78, 5) is 16.4. The molecule has 1 fully saturated rings. The molecule has 1 saturated carbocycles. The second-order valence-electron chi connectivity index (χ2n) is 6.71.